The van der Waals surface area contributed by atoms with Crippen LogP contribution in [0.1, 0.15) is 19.6 Å². The van der Waals surface area contributed by atoms with Crippen molar-refractivity contribution in [2.24, 2.45) is 5.73 Å². The van der Waals surface area contributed by atoms with Crippen molar-refractivity contribution in [2.75, 3.05) is 0 Å². The molecule has 3 nitrogen and oxygen atoms in total. The third-order valence-corrected chi connectivity index (χ3v) is 5.51. The highest BCUT2D eigenvalue weighted by molar-refractivity contribution is 8.04. The zero-order valence-corrected chi connectivity index (χ0v) is 13.0. The first-order chi connectivity index (χ1) is 9.58. The van der Waals surface area contributed by atoms with Crippen molar-refractivity contribution in [3.8, 4) is 0 Å². The molecule has 1 aromatic rings. The number of furan rings is 1. The molecule has 0 fully saturated rings. The van der Waals surface area contributed by atoms with Crippen LogP contribution in [0, 0.1) is 0 Å². The zero-order valence-electron chi connectivity index (χ0n) is 11.5. The molecule has 0 saturated carbocycles. The maximum absolute atomic E-state index is 6.38. The van der Waals surface area contributed by atoms with Crippen LogP contribution in [-0.2, 0) is 6.54 Å². The van der Waals surface area contributed by atoms with Gasteiger partial charge in [0.1, 0.15) is 10.9 Å². The van der Waals surface area contributed by atoms with Gasteiger partial charge in [0.05, 0.1) is 18.5 Å². The Morgan fingerprint density at radius 1 is 1.50 bits per heavy atom. The van der Waals surface area contributed by atoms with Crippen molar-refractivity contribution in [1.82, 2.24) is 4.90 Å². The maximum Gasteiger partial charge on any atom is 0.123 e. The van der Waals surface area contributed by atoms with E-state index in [1.165, 1.54) is 16.2 Å². The van der Waals surface area contributed by atoms with Gasteiger partial charge in [-0.05, 0) is 43.7 Å². The van der Waals surface area contributed by atoms with E-state index < -0.39 is 0 Å². The first-order valence-corrected chi connectivity index (χ1v) is 7.84. The van der Waals surface area contributed by atoms with Gasteiger partial charge in [0.2, 0.25) is 0 Å². The highest BCUT2D eigenvalue weighted by Gasteiger charge is 2.35. The van der Waals surface area contributed by atoms with E-state index in [1.807, 2.05) is 36.9 Å². The summed E-state index contributed by atoms with van der Waals surface area (Å²) in [7, 11) is 0. The second-order valence-corrected chi connectivity index (χ2v) is 6.69. The zero-order chi connectivity index (χ0) is 14.3. The van der Waals surface area contributed by atoms with Crippen LogP contribution in [0.3, 0.4) is 0 Å². The van der Waals surface area contributed by atoms with Gasteiger partial charge in [-0.25, -0.2) is 0 Å². The van der Waals surface area contributed by atoms with Crippen LogP contribution in [0.2, 0.25) is 0 Å². The molecule has 5 heteroatoms. The number of fused-ring (bicyclic) bond motifs is 1. The van der Waals surface area contributed by atoms with Crippen LogP contribution in [0.15, 0.2) is 56.3 Å². The molecule has 0 saturated heterocycles. The van der Waals surface area contributed by atoms with E-state index in [2.05, 4.69) is 17.9 Å². The Hall–Kier alpha value is -1.10. The van der Waals surface area contributed by atoms with Crippen LogP contribution in [-0.4, -0.2) is 16.2 Å². The molecule has 0 spiro atoms. The molecular weight excluding hydrogens is 292 g/mol. The molecular formula is C15H17ClN2OS. The third-order valence-electron chi connectivity index (χ3n) is 3.56. The fourth-order valence-corrected chi connectivity index (χ4v) is 4.14. The summed E-state index contributed by atoms with van der Waals surface area (Å²) in [6, 6.07) is 3.97. The molecule has 20 heavy (non-hydrogen) atoms. The van der Waals surface area contributed by atoms with E-state index in [0.29, 0.717) is 17.0 Å². The van der Waals surface area contributed by atoms with Crippen molar-refractivity contribution in [2.45, 2.75) is 31.7 Å². The smallest absolute Gasteiger partial charge is 0.123 e. The van der Waals surface area contributed by atoms with E-state index in [9.17, 15) is 0 Å². The molecule has 2 N–H and O–H groups in total. The molecule has 0 bridgehead atoms. The lowest BCUT2D eigenvalue weighted by Crippen LogP contribution is -2.29. The fraction of sp³-hybridized carbons (Fsp3) is 0.333. The summed E-state index contributed by atoms with van der Waals surface area (Å²) in [4.78, 5) is 3.33. The molecule has 0 aromatic carbocycles. The summed E-state index contributed by atoms with van der Waals surface area (Å²) in [5.74, 6) is 0.896. The molecule has 0 amide bonds. The van der Waals surface area contributed by atoms with Crippen molar-refractivity contribution < 1.29 is 4.42 Å². The molecule has 2 aliphatic heterocycles. The van der Waals surface area contributed by atoms with Gasteiger partial charge in [0, 0.05) is 16.2 Å². The Morgan fingerprint density at radius 2 is 2.30 bits per heavy atom. The van der Waals surface area contributed by atoms with Gasteiger partial charge in [-0.3, -0.25) is 0 Å². The summed E-state index contributed by atoms with van der Waals surface area (Å²) < 4.78 is 5.44. The fourth-order valence-electron chi connectivity index (χ4n) is 2.63. The highest BCUT2D eigenvalue weighted by atomic mass is 35.5. The first kappa shape index (κ1) is 13.9. The number of hydrogen-bond donors (Lipinski definition) is 1. The second-order valence-electron chi connectivity index (χ2n) is 5.12. The quantitative estimate of drug-likeness (QED) is 0.863. The molecule has 2 aliphatic rings. The van der Waals surface area contributed by atoms with Crippen LogP contribution in [0.4, 0.5) is 0 Å². The Labute approximate surface area is 128 Å². The molecule has 0 aliphatic carbocycles. The van der Waals surface area contributed by atoms with Crippen molar-refractivity contribution in [3.05, 3.63) is 57.6 Å². The minimum atomic E-state index is 0.114. The van der Waals surface area contributed by atoms with Gasteiger partial charge in [-0.15, -0.1) is 11.8 Å². The normalized spacial score (nSPS) is 23.6. The van der Waals surface area contributed by atoms with Crippen LogP contribution in [0.5, 0.6) is 0 Å². The summed E-state index contributed by atoms with van der Waals surface area (Å²) in [5, 5.41) is 1.02. The van der Waals surface area contributed by atoms with E-state index in [1.54, 1.807) is 6.26 Å². The second kappa shape index (κ2) is 5.35. The summed E-state index contributed by atoms with van der Waals surface area (Å²) in [5.41, 5.74) is 8.56. The maximum atomic E-state index is 6.38. The van der Waals surface area contributed by atoms with Crippen molar-refractivity contribution >= 4 is 23.4 Å². The largest absolute Gasteiger partial charge is 0.467 e. The highest BCUT2D eigenvalue weighted by Crippen LogP contribution is 2.48. The van der Waals surface area contributed by atoms with Gasteiger partial charge in [0.15, 0.2) is 0 Å². The third kappa shape index (κ3) is 2.32. The predicted octanol–water partition coefficient (Wildman–Crippen LogP) is 3.80. The molecule has 3 heterocycles. The molecule has 3 rings (SSSR count). The Morgan fingerprint density at radius 3 is 2.95 bits per heavy atom. The van der Waals surface area contributed by atoms with E-state index in [-0.39, 0.29) is 6.04 Å². The van der Waals surface area contributed by atoms with Gasteiger partial charge in [-0.1, -0.05) is 11.6 Å². The molecule has 1 unspecified atom stereocenters. The summed E-state index contributed by atoms with van der Waals surface area (Å²) in [6.45, 7) is 4.83. The van der Waals surface area contributed by atoms with E-state index in [4.69, 9.17) is 21.8 Å². The number of nitrogens with zero attached hydrogens (tertiary/aromatic N) is 1. The summed E-state index contributed by atoms with van der Waals surface area (Å²) >= 11 is 8.20. The van der Waals surface area contributed by atoms with Crippen LogP contribution >= 0.6 is 23.4 Å². The monoisotopic (exact) mass is 308 g/mol. The Kier molecular flexibility index (Phi) is 3.71. The number of halogens is 1. The SMILES string of the molecule is CC1=C2C(=CC=C(Cl)N2Cc2ccco2)SC1[C@@H](C)N. The summed E-state index contributed by atoms with van der Waals surface area (Å²) in [6.07, 6.45) is 5.70. The number of nitrogens with two attached hydrogens (primary N) is 1. The molecule has 1 aromatic heterocycles. The molecule has 106 valence electrons. The standard InChI is InChI=1S/C15H17ClN2OS/c1-9-14-12(20-15(9)10(2)17)5-6-13(16)18(14)8-11-4-3-7-19-11/h3-7,10,15H,8,17H2,1-2H3/t10-,15?/m1/s1. The lowest BCUT2D eigenvalue weighted by atomic mass is 10.0. The average Bonchev–Trinajstić information content (AvgIpc) is 3.01. The lowest BCUT2D eigenvalue weighted by Gasteiger charge is -2.28. The van der Waals surface area contributed by atoms with Gasteiger partial charge in [0.25, 0.3) is 0 Å². The van der Waals surface area contributed by atoms with E-state index >= 15 is 0 Å². The lowest BCUT2D eigenvalue weighted by molar-refractivity contribution is 0.383. The van der Waals surface area contributed by atoms with Gasteiger partial charge < -0.3 is 15.1 Å². The number of rotatable bonds is 3. The molecule has 0 radical (unpaired) electrons. The Bertz CT molecular complexity index is 601. The predicted molar refractivity (Wildman–Crippen MR) is 84.0 cm³/mol. The first-order valence-electron chi connectivity index (χ1n) is 6.58. The van der Waals surface area contributed by atoms with Gasteiger partial charge in [-0.2, -0.15) is 0 Å². The minimum Gasteiger partial charge on any atom is -0.467 e. The van der Waals surface area contributed by atoms with Crippen LogP contribution < -0.4 is 5.73 Å². The topological polar surface area (TPSA) is 42.4 Å². The number of thioether (sulfide) groups is 1. The minimum absolute atomic E-state index is 0.114. The average molecular weight is 309 g/mol. The Balaban J connectivity index is 1.96. The van der Waals surface area contributed by atoms with E-state index in [0.717, 1.165) is 5.76 Å². The number of hydrogen-bond acceptors (Lipinski definition) is 4. The van der Waals surface area contributed by atoms with Crippen molar-refractivity contribution in [3.63, 3.8) is 0 Å². The van der Waals surface area contributed by atoms with Crippen LogP contribution in [0.25, 0.3) is 0 Å². The number of allylic oxidation sites excluding steroid dienone is 2. The van der Waals surface area contributed by atoms with Crippen molar-refractivity contribution in [1.29, 1.82) is 0 Å². The van der Waals surface area contributed by atoms with Gasteiger partial charge >= 0.3 is 0 Å². The molecule has 2 atom stereocenters.